The van der Waals surface area contributed by atoms with Crippen LogP contribution in [0.1, 0.15) is 51.1 Å². The van der Waals surface area contributed by atoms with Gasteiger partial charge in [0.2, 0.25) is 0 Å². The molecule has 2 aromatic rings. The van der Waals surface area contributed by atoms with E-state index in [9.17, 15) is 4.79 Å². The number of fused-ring (bicyclic) bond motifs is 2. The highest BCUT2D eigenvalue weighted by Crippen LogP contribution is 2.32. The van der Waals surface area contributed by atoms with E-state index in [0.29, 0.717) is 12.6 Å². The van der Waals surface area contributed by atoms with Gasteiger partial charge in [-0.05, 0) is 61.1 Å². The normalized spacial score (nSPS) is 20.8. The molecule has 1 saturated heterocycles. The SMILES string of the molecule is COC1Cc2ccc(OC3CCN(c4nc5c(c(C)c4C)C(=O)NC5)CC3)cc2C1. The van der Waals surface area contributed by atoms with Crippen LogP contribution in [0.5, 0.6) is 5.75 Å². The van der Waals surface area contributed by atoms with Gasteiger partial charge in [-0.1, -0.05) is 6.07 Å². The molecule has 5 rings (SSSR count). The summed E-state index contributed by atoms with van der Waals surface area (Å²) in [4.78, 5) is 19.2. The van der Waals surface area contributed by atoms with E-state index in [1.165, 1.54) is 11.1 Å². The van der Waals surface area contributed by atoms with E-state index in [4.69, 9.17) is 14.5 Å². The smallest absolute Gasteiger partial charge is 0.253 e. The number of ether oxygens (including phenoxy) is 2. The number of nitrogens with zero attached hydrogens (tertiary/aromatic N) is 2. The quantitative estimate of drug-likeness (QED) is 0.844. The molecule has 30 heavy (non-hydrogen) atoms. The maximum absolute atomic E-state index is 12.1. The lowest BCUT2D eigenvalue weighted by Crippen LogP contribution is -2.39. The number of benzene rings is 1. The van der Waals surface area contributed by atoms with Crippen LogP contribution in [0, 0.1) is 13.8 Å². The molecule has 6 heteroatoms. The van der Waals surface area contributed by atoms with E-state index >= 15 is 0 Å². The highest BCUT2D eigenvalue weighted by molar-refractivity contribution is 5.99. The average Bonchev–Trinajstić information content (AvgIpc) is 3.34. The van der Waals surface area contributed by atoms with Crippen LogP contribution in [0.2, 0.25) is 0 Å². The van der Waals surface area contributed by atoms with E-state index in [-0.39, 0.29) is 12.0 Å². The van der Waals surface area contributed by atoms with Crippen LogP contribution in [0.3, 0.4) is 0 Å². The first-order valence-corrected chi connectivity index (χ1v) is 10.9. The maximum Gasteiger partial charge on any atom is 0.253 e. The fraction of sp³-hybridized carbons (Fsp3) is 0.500. The van der Waals surface area contributed by atoms with Crippen LogP contribution in [0.15, 0.2) is 18.2 Å². The summed E-state index contributed by atoms with van der Waals surface area (Å²) in [6.07, 6.45) is 4.42. The molecule has 0 bridgehead atoms. The number of pyridine rings is 1. The van der Waals surface area contributed by atoms with Gasteiger partial charge in [-0.15, -0.1) is 0 Å². The minimum Gasteiger partial charge on any atom is -0.490 e. The monoisotopic (exact) mass is 407 g/mol. The van der Waals surface area contributed by atoms with Gasteiger partial charge in [0.15, 0.2) is 0 Å². The van der Waals surface area contributed by atoms with E-state index < -0.39 is 0 Å². The third kappa shape index (κ3) is 3.33. The largest absolute Gasteiger partial charge is 0.490 e. The summed E-state index contributed by atoms with van der Waals surface area (Å²) >= 11 is 0. The molecule has 1 aromatic carbocycles. The zero-order valence-corrected chi connectivity index (χ0v) is 18.0. The number of rotatable bonds is 4. The van der Waals surface area contributed by atoms with Gasteiger partial charge in [-0.25, -0.2) is 4.98 Å². The third-order valence-corrected chi connectivity index (χ3v) is 6.90. The van der Waals surface area contributed by atoms with Crippen molar-refractivity contribution in [1.82, 2.24) is 10.3 Å². The highest BCUT2D eigenvalue weighted by Gasteiger charge is 2.29. The number of anilines is 1. The number of amides is 1. The Bertz CT molecular complexity index is 996. The van der Waals surface area contributed by atoms with Crippen LogP contribution in [0.4, 0.5) is 5.82 Å². The summed E-state index contributed by atoms with van der Waals surface area (Å²) in [6, 6.07) is 6.48. The van der Waals surface area contributed by atoms with E-state index in [1.807, 2.05) is 6.92 Å². The summed E-state index contributed by atoms with van der Waals surface area (Å²) in [5.41, 5.74) is 6.54. The minimum absolute atomic E-state index is 0.00271. The van der Waals surface area contributed by atoms with Gasteiger partial charge in [0.05, 0.1) is 23.9 Å². The van der Waals surface area contributed by atoms with Crippen LogP contribution in [-0.2, 0) is 24.1 Å². The molecule has 1 N–H and O–H groups in total. The lowest BCUT2D eigenvalue weighted by molar-refractivity contribution is 0.0965. The molecule has 2 aliphatic heterocycles. The van der Waals surface area contributed by atoms with Crippen molar-refractivity contribution in [1.29, 1.82) is 0 Å². The number of piperidine rings is 1. The first-order chi connectivity index (χ1) is 14.5. The van der Waals surface area contributed by atoms with Crippen molar-refractivity contribution in [2.24, 2.45) is 0 Å². The summed E-state index contributed by atoms with van der Waals surface area (Å²) in [7, 11) is 1.79. The van der Waals surface area contributed by atoms with Crippen molar-refractivity contribution < 1.29 is 14.3 Å². The number of methoxy groups -OCH3 is 1. The number of aromatic nitrogens is 1. The molecule has 3 heterocycles. The Morgan fingerprint density at radius 1 is 1.07 bits per heavy atom. The molecule has 158 valence electrons. The van der Waals surface area contributed by atoms with Gasteiger partial charge >= 0.3 is 0 Å². The summed E-state index contributed by atoms with van der Waals surface area (Å²) in [5.74, 6) is 1.99. The second-order valence-corrected chi connectivity index (χ2v) is 8.69. The average molecular weight is 408 g/mol. The predicted molar refractivity (Wildman–Crippen MR) is 115 cm³/mol. The molecular weight excluding hydrogens is 378 g/mol. The zero-order valence-electron chi connectivity index (χ0n) is 18.0. The molecule has 1 aromatic heterocycles. The Morgan fingerprint density at radius 3 is 2.60 bits per heavy atom. The molecule has 1 atom stereocenters. The second-order valence-electron chi connectivity index (χ2n) is 8.69. The van der Waals surface area contributed by atoms with Crippen molar-refractivity contribution in [3.8, 4) is 5.75 Å². The molecule has 6 nitrogen and oxygen atoms in total. The van der Waals surface area contributed by atoms with Crippen molar-refractivity contribution in [3.63, 3.8) is 0 Å². The Kier molecular flexibility index (Phi) is 4.89. The van der Waals surface area contributed by atoms with Crippen LogP contribution < -0.4 is 15.0 Å². The summed E-state index contributed by atoms with van der Waals surface area (Å²) < 4.78 is 11.8. The first kappa shape index (κ1) is 19.4. The Morgan fingerprint density at radius 2 is 1.83 bits per heavy atom. The Balaban J connectivity index is 1.25. The number of carbonyl (C=O) groups excluding carboxylic acids is 1. The van der Waals surface area contributed by atoms with Crippen molar-refractivity contribution in [3.05, 3.63) is 51.7 Å². The number of nitrogens with one attached hydrogen (secondary N) is 1. The fourth-order valence-corrected chi connectivity index (χ4v) is 5.00. The Labute approximate surface area is 177 Å². The van der Waals surface area contributed by atoms with Gasteiger partial charge in [-0.3, -0.25) is 4.79 Å². The van der Waals surface area contributed by atoms with Crippen molar-refractivity contribution in [2.45, 2.75) is 58.3 Å². The number of hydrogen-bond acceptors (Lipinski definition) is 5. The lowest BCUT2D eigenvalue weighted by Gasteiger charge is -2.34. The summed E-state index contributed by atoms with van der Waals surface area (Å²) in [6.45, 7) is 6.46. The zero-order chi connectivity index (χ0) is 20.8. The van der Waals surface area contributed by atoms with Crippen LogP contribution >= 0.6 is 0 Å². The van der Waals surface area contributed by atoms with Crippen molar-refractivity contribution in [2.75, 3.05) is 25.1 Å². The molecule has 0 radical (unpaired) electrons. The van der Waals surface area contributed by atoms with Crippen molar-refractivity contribution >= 4 is 11.7 Å². The fourth-order valence-electron chi connectivity index (χ4n) is 5.00. The maximum atomic E-state index is 12.1. The first-order valence-electron chi connectivity index (χ1n) is 10.9. The molecule has 1 unspecified atom stereocenters. The highest BCUT2D eigenvalue weighted by atomic mass is 16.5. The predicted octanol–water partition coefficient (Wildman–Crippen LogP) is 3.10. The van der Waals surface area contributed by atoms with Gasteiger partial charge in [-0.2, -0.15) is 0 Å². The third-order valence-electron chi connectivity index (χ3n) is 6.90. The Hall–Kier alpha value is -2.60. The molecule has 1 fully saturated rings. The molecule has 1 amide bonds. The van der Waals surface area contributed by atoms with E-state index in [0.717, 1.165) is 72.7 Å². The van der Waals surface area contributed by atoms with E-state index in [2.05, 4.69) is 35.3 Å². The van der Waals surface area contributed by atoms with Gasteiger partial charge < -0.3 is 19.7 Å². The standard InChI is InChI=1S/C24H29N3O3/c1-14-15(2)23(26-21-13-25-24(28)22(14)21)27-8-6-18(7-9-27)30-19-5-4-16-10-20(29-3)12-17(16)11-19/h4-5,11,18,20H,6-10,12-13H2,1-3H3,(H,25,28). The summed E-state index contributed by atoms with van der Waals surface area (Å²) in [5, 5.41) is 2.89. The number of hydrogen-bond donors (Lipinski definition) is 1. The van der Waals surface area contributed by atoms with Crippen LogP contribution in [-0.4, -0.2) is 43.3 Å². The molecule has 0 saturated carbocycles. The lowest BCUT2D eigenvalue weighted by atomic mass is 10.0. The molecule has 1 aliphatic carbocycles. The molecule has 0 spiro atoms. The minimum atomic E-state index is 0.00271. The topological polar surface area (TPSA) is 63.7 Å². The van der Waals surface area contributed by atoms with Gasteiger partial charge in [0, 0.05) is 33.0 Å². The van der Waals surface area contributed by atoms with E-state index in [1.54, 1.807) is 7.11 Å². The molecular formula is C24H29N3O3. The van der Waals surface area contributed by atoms with Gasteiger partial charge in [0.1, 0.15) is 17.7 Å². The van der Waals surface area contributed by atoms with Crippen LogP contribution in [0.25, 0.3) is 0 Å². The van der Waals surface area contributed by atoms with Gasteiger partial charge in [0.25, 0.3) is 5.91 Å². The second kappa shape index (κ2) is 7.58. The number of carbonyl (C=O) groups is 1. The molecule has 3 aliphatic rings.